The lowest BCUT2D eigenvalue weighted by molar-refractivity contribution is -0.118. The first-order chi connectivity index (χ1) is 15.2. The molecule has 0 saturated carbocycles. The zero-order valence-electron chi connectivity index (χ0n) is 18.7. The van der Waals surface area contributed by atoms with Gasteiger partial charge in [-0.3, -0.25) is 4.79 Å². The number of halogens is 1. The van der Waals surface area contributed by atoms with Gasteiger partial charge in [-0.25, -0.2) is 4.68 Å². The van der Waals surface area contributed by atoms with Crippen LogP contribution in [-0.2, 0) is 4.79 Å². The number of ketones is 1. The smallest absolute Gasteiger partial charge is 0.226 e. The largest absolute Gasteiger partial charge is 0.378 e. The number of aromatic nitrogens is 3. The molecule has 32 heavy (non-hydrogen) atoms. The molecule has 1 aliphatic heterocycles. The molecular weight excluding hydrogens is 422 g/mol. The molecule has 2 aliphatic rings. The lowest BCUT2D eigenvalue weighted by atomic mass is 9.73. The van der Waals surface area contributed by atoms with Crippen LogP contribution >= 0.6 is 11.6 Å². The number of anilines is 2. The number of benzene rings is 2. The molecule has 1 atom stereocenters. The van der Waals surface area contributed by atoms with Crippen LogP contribution in [0.2, 0.25) is 5.02 Å². The van der Waals surface area contributed by atoms with Crippen LogP contribution in [0.4, 0.5) is 11.6 Å². The predicted octanol–water partition coefficient (Wildman–Crippen LogP) is 5.32. The first-order valence-electron chi connectivity index (χ1n) is 10.8. The fourth-order valence-corrected chi connectivity index (χ4v) is 4.86. The fraction of sp³-hybridized carbons (Fsp3) is 0.320. The normalized spacial score (nSPS) is 19.3. The lowest BCUT2D eigenvalue weighted by Crippen LogP contribution is -2.36. The molecule has 0 unspecified atom stereocenters. The Labute approximate surface area is 192 Å². The highest BCUT2D eigenvalue weighted by Gasteiger charge is 2.42. The number of allylic oxidation sites excluding steroid dienone is 2. The summed E-state index contributed by atoms with van der Waals surface area (Å²) in [7, 11) is 4.02. The Hall–Kier alpha value is -3.12. The van der Waals surface area contributed by atoms with Crippen molar-refractivity contribution in [2.75, 3.05) is 24.3 Å². The second kappa shape index (κ2) is 7.48. The van der Waals surface area contributed by atoms with Crippen molar-refractivity contribution in [3.8, 4) is 11.4 Å². The van der Waals surface area contributed by atoms with E-state index in [1.54, 1.807) is 0 Å². The van der Waals surface area contributed by atoms with Gasteiger partial charge >= 0.3 is 0 Å². The Morgan fingerprint density at radius 1 is 1.09 bits per heavy atom. The second-order valence-corrected chi connectivity index (χ2v) is 9.93. The molecule has 164 valence electrons. The summed E-state index contributed by atoms with van der Waals surface area (Å²) in [6.07, 6.45) is 1.27. The molecule has 6 nitrogen and oxygen atoms in total. The van der Waals surface area contributed by atoms with E-state index < -0.39 is 6.04 Å². The number of fused-ring (bicyclic) bond motifs is 1. The van der Waals surface area contributed by atoms with E-state index in [1.807, 2.05) is 67.3 Å². The Morgan fingerprint density at radius 2 is 1.81 bits per heavy atom. The molecule has 0 amide bonds. The molecule has 3 aromatic rings. The molecule has 1 aliphatic carbocycles. The van der Waals surface area contributed by atoms with Crippen LogP contribution in [0.15, 0.2) is 59.8 Å². The Morgan fingerprint density at radius 3 is 2.50 bits per heavy atom. The number of hydrogen-bond acceptors (Lipinski definition) is 5. The van der Waals surface area contributed by atoms with Crippen LogP contribution in [0, 0.1) is 5.41 Å². The van der Waals surface area contributed by atoms with E-state index in [1.165, 1.54) is 0 Å². The van der Waals surface area contributed by atoms with E-state index in [9.17, 15) is 4.79 Å². The van der Waals surface area contributed by atoms with Gasteiger partial charge in [0.2, 0.25) is 5.95 Å². The van der Waals surface area contributed by atoms with Crippen molar-refractivity contribution in [3.63, 3.8) is 0 Å². The van der Waals surface area contributed by atoms with Crippen LogP contribution in [0.5, 0.6) is 0 Å². The van der Waals surface area contributed by atoms with Gasteiger partial charge in [-0.05, 0) is 42.2 Å². The van der Waals surface area contributed by atoms with Crippen molar-refractivity contribution in [1.82, 2.24) is 14.8 Å². The van der Waals surface area contributed by atoms with Gasteiger partial charge < -0.3 is 10.2 Å². The summed E-state index contributed by atoms with van der Waals surface area (Å²) in [4.78, 5) is 20.2. The Bertz CT molecular complexity index is 1240. The van der Waals surface area contributed by atoms with E-state index in [2.05, 4.69) is 24.1 Å². The third-order valence-electron chi connectivity index (χ3n) is 6.17. The topological polar surface area (TPSA) is 63.1 Å². The highest BCUT2D eigenvalue weighted by molar-refractivity contribution is 6.31. The monoisotopic (exact) mass is 447 g/mol. The van der Waals surface area contributed by atoms with Crippen molar-refractivity contribution in [2.24, 2.45) is 5.41 Å². The molecule has 5 rings (SSSR count). The summed E-state index contributed by atoms with van der Waals surface area (Å²) in [5, 5.41) is 8.87. The summed E-state index contributed by atoms with van der Waals surface area (Å²) >= 11 is 6.61. The third kappa shape index (κ3) is 3.48. The highest BCUT2D eigenvalue weighted by atomic mass is 35.5. The van der Waals surface area contributed by atoms with Crippen molar-refractivity contribution >= 4 is 29.0 Å². The van der Waals surface area contributed by atoms with Crippen molar-refractivity contribution in [2.45, 2.75) is 32.7 Å². The van der Waals surface area contributed by atoms with Crippen molar-refractivity contribution in [1.29, 1.82) is 0 Å². The van der Waals surface area contributed by atoms with Gasteiger partial charge in [0.05, 0.1) is 0 Å². The minimum atomic E-state index is -0.402. The van der Waals surface area contributed by atoms with E-state index in [0.717, 1.165) is 34.5 Å². The summed E-state index contributed by atoms with van der Waals surface area (Å²) in [5.74, 6) is 1.37. The SMILES string of the molecule is CN(C)c1ccc(-c2nc3n(n2)[C@@H](c2ccccc2Cl)C2=C(CC(C)(C)CC2=O)N3)cc1. The zero-order valence-corrected chi connectivity index (χ0v) is 19.4. The minimum Gasteiger partial charge on any atom is -0.378 e. The molecule has 7 heteroatoms. The number of carbonyl (C=O) groups excluding carboxylic acids is 1. The Kier molecular flexibility index (Phi) is 4.86. The maximum atomic E-state index is 13.3. The van der Waals surface area contributed by atoms with Gasteiger partial charge in [0, 0.05) is 53.6 Å². The first-order valence-corrected chi connectivity index (χ1v) is 11.1. The molecule has 0 fully saturated rings. The number of carbonyl (C=O) groups is 1. The predicted molar refractivity (Wildman–Crippen MR) is 128 cm³/mol. The summed E-state index contributed by atoms with van der Waals surface area (Å²) in [6, 6.07) is 15.4. The lowest BCUT2D eigenvalue weighted by Gasteiger charge is -2.38. The van der Waals surface area contributed by atoms with E-state index in [4.69, 9.17) is 21.7 Å². The van der Waals surface area contributed by atoms with Gasteiger partial charge in [0.1, 0.15) is 6.04 Å². The minimum absolute atomic E-state index is 0.110. The van der Waals surface area contributed by atoms with Gasteiger partial charge in [-0.2, -0.15) is 4.98 Å². The van der Waals surface area contributed by atoms with Crippen LogP contribution < -0.4 is 10.2 Å². The molecule has 2 aromatic carbocycles. The number of Topliss-reactive ketones (excluding diaryl/α,β-unsaturated/α-hetero) is 1. The summed E-state index contributed by atoms with van der Waals surface area (Å²) < 4.78 is 1.81. The van der Waals surface area contributed by atoms with Crippen molar-refractivity contribution < 1.29 is 4.79 Å². The van der Waals surface area contributed by atoms with Gasteiger partial charge in [0.15, 0.2) is 11.6 Å². The maximum absolute atomic E-state index is 13.3. The van der Waals surface area contributed by atoms with Gasteiger partial charge in [-0.1, -0.05) is 43.6 Å². The second-order valence-electron chi connectivity index (χ2n) is 9.53. The zero-order chi connectivity index (χ0) is 22.6. The summed E-state index contributed by atoms with van der Waals surface area (Å²) in [5.41, 5.74) is 4.43. The fourth-order valence-electron chi connectivity index (χ4n) is 4.62. The standard InChI is InChI=1S/C25H26ClN5O/c1-25(2)13-19-21(20(32)14-25)22(17-7-5-6-8-18(17)26)31-24(27-19)28-23(29-31)15-9-11-16(12-10-15)30(3)4/h5-12,22H,13-14H2,1-4H3,(H,27,28,29)/t22-/m0/s1. The summed E-state index contributed by atoms with van der Waals surface area (Å²) in [6.45, 7) is 4.25. The number of nitrogens with zero attached hydrogens (tertiary/aromatic N) is 4. The molecule has 0 radical (unpaired) electrons. The number of rotatable bonds is 3. The van der Waals surface area contributed by atoms with E-state index >= 15 is 0 Å². The molecule has 2 heterocycles. The van der Waals surface area contributed by atoms with Gasteiger partial charge in [-0.15, -0.1) is 5.10 Å². The average Bonchev–Trinajstić information content (AvgIpc) is 3.15. The van der Waals surface area contributed by atoms with Crippen molar-refractivity contribution in [3.05, 3.63) is 70.4 Å². The molecular formula is C25H26ClN5O. The van der Waals surface area contributed by atoms with Crippen LogP contribution in [0.25, 0.3) is 11.4 Å². The number of hydrogen-bond donors (Lipinski definition) is 1. The quantitative estimate of drug-likeness (QED) is 0.588. The molecule has 1 aromatic heterocycles. The van der Waals surface area contributed by atoms with Crippen LogP contribution in [0.3, 0.4) is 0 Å². The first kappa shape index (κ1) is 20.8. The molecule has 1 N–H and O–H groups in total. The van der Waals surface area contributed by atoms with Crippen LogP contribution in [-0.4, -0.2) is 34.6 Å². The number of nitrogens with one attached hydrogen (secondary N) is 1. The molecule has 0 spiro atoms. The average molecular weight is 448 g/mol. The maximum Gasteiger partial charge on any atom is 0.226 e. The van der Waals surface area contributed by atoms with Gasteiger partial charge in [0.25, 0.3) is 0 Å². The molecule has 0 saturated heterocycles. The third-order valence-corrected chi connectivity index (χ3v) is 6.52. The van der Waals surface area contributed by atoms with E-state index in [0.29, 0.717) is 23.2 Å². The van der Waals surface area contributed by atoms with Crippen LogP contribution in [0.1, 0.15) is 38.3 Å². The highest BCUT2D eigenvalue weighted by Crippen LogP contribution is 2.46. The van der Waals surface area contributed by atoms with E-state index in [-0.39, 0.29) is 11.2 Å². The Balaban J connectivity index is 1.65. The molecule has 0 bridgehead atoms.